The van der Waals surface area contributed by atoms with Crippen LogP contribution >= 0.6 is 11.6 Å². The molecule has 0 spiro atoms. The molecule has 2 aromatic rings. The molecule has 28 heavy (non-hydrogen) atoms. The van der Waals surface area contributed by atoms with Gasteiger partial charge in [-0.1, -0.05) is 0 Å². The number of carbonyl (C=O) groups is 1. The Morgan fingerprint density at radius 3 is 2.43 bits per heavy atom. The molecule has 4 rings (SSSR count). The summed E-state index contributed by atoms with van der Waals surface area (Å²) in [6.07, 6.45) is 2.08. The molecule has 1 unspecified atom stereocenters. The first-order valence-corrected chi connectivity index (χ1v) is 11.1. The van der Waals surface area contributed by atoms with E-state index in [1.54, 1.807) is 4.90 Å². The van der Waals surface area contributed by atoms with Gasteiger partial charge in [0.2, 0.25) is 11.2 Å². The number of nitrogens with zero attached hydrogens (tertiary/aromatic N) is 5. The Hall–Kier alpha value is -2.14. The van der Waals surface area contributed by atoms with E-state index < -0.39 is 21.1 Å². The summed E-state index contributed by atoms with van der Waals surface area (Å²) in [4.78, 5) is 43.5. The van der Waals surface area contributed by atoms with Crippen LogP contribution in [-0.4, -0.2) is 61.5 Å². The number of halogens is 1. The zero-order valence-corrected chi connectivity index (χ0v) is 17.0. The van der Waals surface area contributed by atoms with Gasteiger partial charge in [0, 0.05) is 26.2 Å². The van der Waals surface area contributed by atoms with E-state index in [1.807, 2.05) is 0 Å². The Morgan fingerprint density at radius 2 is 1.86 bits per heavy atom. The van der Waals surface area contributed by atoms with E-state index in [9.17, 15) is 22.8 Å². The van der Waals surface area contributed by atoms with Crippen molar-refractivity contribution in [2.75, 3.05) is 11.5 Å². The molecule has 1 saturated carbocycles. The van der Waals surface area contributed by atoms with Crippen molar-refractivity contribution in [3.8, 4) is 0 Å². The van der Waals surface area contributed by atoms with Gasteiger partial charge in [0.05, 0.1) is 11.5 Å². The molecule has 1 amide bonds. The zero-order valence-electron chi connectivity index (χ0n) is 15.5. The number of sulfone groups is 1. The summed E-state index contributed by atoms with van der Waals surface area (Å²) in [6.45, 7) is -0.240. The van der Waals surface area contributed by atoms with Gasteiger partial charge >= 0.3 is 5.69 Å². The summed E-state index contributed by atoms with van der Waals surface area (Å²) in [6, 6.07) is -0.336. The fourth-order valence-electron chi connectivity index (χ4n) is 3.83. The van der Waals surface area contributed by atoms with Gasteiger partial charge in [-0.15, -0.1) is 0 Å². The Bertz CT molecular complexity index is 1210. The van der Waals surface area contributed by atoms with E-state index in [4.69, 9.17) is 11.6 Å². The van der Waals surface area contributed by atoms with E-state index in [0.717, 1.165) is 17.4 Å². The third-order valence-electron chi connectivity index (χ3n) is 5.42. The monoisotopic (exact) mass is 429 g/mol. The Balaban J connectivity index is 1.73. The van der Waals surface area contributed by atoms with Crippen LogP contribution in [0.2, 0.25) is 5.28 Å². The SMILES string of the molecule is Cn1c(=O)c2c(nc(Cl)n2CC(=O)N(C2CC2)C2CCS(=O)(=O)C2)n(C)c1=O. The first-order valence-electron chi connectivity index (χ1n) is 8.94. The summed E-state index contributed by atoms with van der Waals surface area (Å²) in [7, 11) is -0.322. The minimum atomic E-state index is -3.14. The number of aryl methyl sites for hydroxylation is 1. The van der Waals surface area contributed by atoms with Gasteiger partial charge in [0.15, 0.2) is 21.0 Å². The molecule has 10 nitrogen and oxygen atoms in total. The van der Waals surface area contributed by atoms with Crippen molar-refractivity contribution in [3.63, 3.8) is 0 Å². The van der Waals surface area contributed by atoms with E-state index in [-0.39, 0.29) is 52.5 Å². The van der Waals surface area contributed by atoms with Gasteiger partial charge in [-0.05, 0) is 30.9 Å². The predicted molar refractivity (Wildman–Crippen MR) is 102 cm³/mol. The standard InChI is InChI=1S/C16H20ClN5O5S/c1-19-13-12(14(24)20(2)16(19)25)21(15(17)18-13)7-11(23)22(9-3-4-9)10-5-6-28(26,27)8-10/h9-10H,3-8H2,1-2H3. The summed E-state index contributed by atoms with van der Waals surface area (Å²) in [5.74, 6) is -0.267. The zero-order chi connectivity index (χ0) is 20.4. The molecule has 1 atom stereocenters. The number of hydrogen-bond acceptors (Lipinski definition) is 6. The average molecular weight is 430 g/mol. The van der Waals surface area contributed by atoms with Crippen LogP contribution < -0.4 is 11.2 Å². The molecule has 2 aliphatic rings. The number of carbonyl (C=O) groups excluding carboxylic acids is 1. The number of aromatic nitrogens is 4. The molecule has 12 heteroatoms. The molecule has 0 radical (unpaired) electrons. The van der Waals surface area contributed by atoms with Crippen molar-refractivity contribution < 1.29 is 13.2 Å². The van der Waals surface area contributed by atoms with Crippen molar-refractivity contribution in [3.05, 3.63) is 26.1 Å². The molecular formula is C16H20ClN5O5S. The average Bonchev–Trinajstić information content (AvgIpc) is 3.31. The van der Waals surface area contributed by atoms with Gasteiger partial charge in [0.25, 0.3) is 5.56 Å². The van der Waals surface area contributed by atoms with Gasteiger partial charge in [-0.2, -0.15) is 4.98 Å². The first-order chi connectivity index (χ1) is 13.1. The van der Waals surface area contributed by atoms with Crippen LogP contribution in [0.15, 0.2) is 9.59 Å². The molecular weight excluding hydrogens is 410 g/mol. The van der Waals surface area contributed by atoms with Gasteiger partial charge < -0.3 is 4.90 Å². The number of fused-ring (bicyclic) bond motifs is 1. The lowest BCUT2D eigenvalue weighted by Gasteiger charge is -2.28. The molecule has 0 aromatic carbocycles. The lowest BCUT2D eigenvalue weighted by molar-refractivity contribution is -0.134. The van der Waals surface area contributed by atoms with Gasteiger partial charge in [0.1, 0.15) is 6.54 Å². The third-order valence-corrected chi connectivity index (χ3v) is 7.46. The maximum atomic E-state index is 13.1. The highest BCUT2D eigenvalue weighted by Crippen LogP contribution is 2.32. The van der Waals surface area contributed by atoms with Crippen LogP contribution in [0.1, 0.15) is 19.3 Å². The summed E-state index contributed by atoms with van der Waals surface area (Å²) in [5, 5.41) is -0.0727. The topological polar surface area (TPSA) is 116 Å². The summed E-state index contributed by atoms with van der Waals surface area (Å²) >= 11 is 6.19. The Labute approximate surface area is 165 Å². The molecule has 1 saturated heterocycles. The van der Waals surface area contributed by atoms with Gasteiger partial charge in [-0.3, -0.25) is 23.3 Å². The minimum absolute atomic E-state index is 0.0200. The highest BCUT2D eigenvalue weighted by Gasteiger charge is 2.42. The molecule has 2 aromatic heterocycles. The predicted octanol–water partition coefficient (Wildman–Crippen LogP) is -0.735. The second-order valence-corrected chi connectivity index (χ2v) is 10.0. The van der Waals surface area contributed by atoms with Crippen molar-refractivity contribution in [1.82, 2.24) is 23.6 Å². The lowest BCUT2D eigenvalue weighted by atomic mass is 10.2. The van der Waals surface area contributed by atoms with Crippen LogP contribution in [0.3, 0.4) is 0 Å². The van der Waals surface area contributed by atoms with Gasteiger partial charge in [-0.25, -0.2) is 13.2 Å². The normalized spacial score (nSPS) is 21.3. The van der Waals surface area contributed by atoms with Crippen LogP contribution in [-0.2, 0) is 35.3 Å². The fourth-order valence-corrected chi connectivity index (χ4v) is 5.77. The van der Waals surface area contributed by atoms with Crippen molar-refractivity contribution >= 4 is 38.5 Å². The maximum absolute atomic E-state index is 13.1. The largest absolute Gasteiger partial charge is 0.334 e. The molecule has 2 fully saturated rings. The van der Waals surface area contributed by atoms with Crippen molar-refractivity contribution in [2.45, 2.75) is 37.9 Å². The molecule has 1 aliphatic carbocycles. The number of imidazole rings is 1. The highest BCUT2D eigenvalue weighted by molar-refractivity contribution is 7.91. The van der Waals surface area contributed by atoms with Crippen LogP contribution in [0, 0.1) is 0 Å². The third kappa shape index (κ3) is 3.06. The van der Waals surface area contributed by atoms with E-state index >= 15 is 0 Å². The van der Waals surface area contributed by atoms with Crippen LogP contribution in [0.5, 0.6) is 0 Å². The molecule has 1 aliphatic heterocycles. The second-order valence-electron chi connectivity index (χ2n) is 7.43. The summed E-state index contributed by atoms with van der Waals surface area (Å²) < 4.78 is 27.1. The van der Waals surface area contributed by atoms with E-state index in [0.29, 0.717) is 6.42 Å². The van der Waals surface area contributed by atoms with Crippen molar-refractivity contribution in [1.29, 1.82) is 0 Å². The molecule has 3 heterocycles. The van der Waals surface area contributed by atoms with E-state index in [1.165, 1.54) is 23.2 Å². The minimum Gasteiger partial charge on any atom is -0.334 e. The lowest BCUT2D eigenvalue weighted by Crippen LogP contribution is -2.44. The maximum Gasteiger partial charge on any atom is 0.332 e. The smallest absolute Gasteiger partial charge is 0.332 e. The Kier molecular flexibility index (Phi) is 4.42. The van der Waals surface area contributed by atoms with Crippen molar-refractivity contribution in [2.24, 2.45) is 14.1 Å². The number of hydrogen-bond donors (Lipinski definition) is 0. The first kappa shape index (κ1) is 19.2. The Morgan fingerprint density at radius 1 is 1.18 bits per heavy atom. The molecule has 0 bridgehead atoms. The van der Waals surface area contributed by atoms with Crippen LogP contribution in [0.4, 0.5) is 0 Å². The van der Waals surface area contributed by atoms with E-state index in [2.05, 4.69) is 4.98 Å². The fraction of sp³-hybridized carbons (Fsp3) is 0.625. The number of rotatable bonds is 4. The second kappa shape index (κ2) is 6.45. The number of amides is 1. The van der Waals surface area contributed by atoms with Crippen LogP contribution in [0.25, 0.3) is 11.2 Å². The highest BCUT2D eigenvalue weighted by atomic mass is 35.5. The molecule has 0 N–H and O–H groups in total. The quantitative estimate of drug-likeness (QED) is 0.591. The molecule has 152 valence electrons. The summed E-state index contributed by atoms with van der Waals surface area (Å²) in [5.41, 5.74) is -0.960.